The predicted octanol–water partition coefficient (Wildman–Crippen LogP) is 10.6. The van der Waals surface area contributed by atoms with Crippen LogP contribution in [0, 0.1) is 0 Å². The molecule has 0 saturated carbocycles. The Morgan fingerprint density at radius 3 is 1.51 bits per heavy atom. The largest absolute Gasteiger partial charge is 0.472 e. The van der Waals surface area contributed by atoms with E-state index >= 15 is 0 Å². The minimum atomic E-state index is -4.39. The number of nitrogens with one attached hydrogen (secondary N) is 1. The fourth-order valence-corrected chi connectivity index (χ4v) is 7.17. The summed E-state index contributed by atoms with van der Waals surface area (Å²) in [6.45, 7) is 3.95. The van der Waals surface area contributed by atoms with Gasteiger partial charge in [0.25, 0.3) is 0 Å². The first-order valence-corrected chi connectivity index (χ1v) is 22.9. The monoisotopic (exact) mass is 747 g/mol. The highest BCUT2D eigenvalue weighted by atomic mass is 31.2. The number of rotatable bonds is 40. The number of phosphoric acid groups is 1. The Morgan fingerprint density at radius 1 is 0.667 bits per heavy atom. The second-order valence-electron chi connectivity index (χ2n) is 14.8. The molecule has 0 aromatic heterocycles. The average Bonchev–Trinajstić information content (AvgIpc) is 3.10. The van der Waals surface area contributed by atoms with E-state index < -0.39 is 38.6 Å². The van der Waals surface area contributed by atoms with Gasteiger partial charge in [-0.3, -0.25) is 13.8 Å². The van der Waals surface area contributed by atoms with E-state index in [9.17, 15) is 24.5 Å². The first-order valence-electron chi connectivity index (χ1n) is 21.4. The molecule has 0 radical (unpaired) electrons. The van der Waals surface area contributed by atoms with Gasteiger partial charge in [-0.2, -0.15) is 0 Å². The fourth-order valence-electron chi connectivity index (χ4n) is 6.41. The number of aliphatic hydroxyl groups excluding tert-OH is 2. The van der Waals surface area contributed by atoms with Crippen LogP contribution in [0.3, 0.4) is 0 Å². The Balaban J connectivity index is 4.14. The lowest BCUT2D eigenvalue weighted by atomic mass is 10.0. The zero-order valence-corrected chi connectivity index (χ0v) is 34.1. The number of phosphoric ester groups is 1. The quantitative estimate of drug-likeness (QED) is 0.0236. The molecule has 0 aromatic rings. The number of allylic oxidation sites excluding steroid dienone is 1. The molecule has 0 heterocycles. The first-order chi connectivity index (χ1) is 24.8. The normalized spacial score (nSPS) is 14.9. The molecule has 304 valence electrons. The number of carbonyl (C=O) groups excluding carboxylic acids is 1. The van der Waals surface area contributed by atoms with Gasteiger partial charge in [-0.1, -0.05) is 193 Å². The van der Waals surface area contributed by atoms with Crippen LogP contribution in [0.15, 0.2) is 12.2 Å². The van der Waals surface area contributed by atoms with Crippen molar-refractivity contribution >= 4 is 13.7 Å². The number of hydrogen-bond acceptors (Lipinski definition) is 7. The van der Waals surface area contributed by atoms with Gasteiger partial charge in [0.2, 0.25) is 5.91 Å². The van der Waals surface area contributed by atoms with Crippen molar-refractivity contribution in [2.75, 3.05) is 19.8 Å². The topological polar surface area (TPSA) is 151 Å². The van der Waals surface area contributed by atoms with Crippen LogP contribution in [0.1, 0.15) is 206 Å². The summed E-state index contributed by atoms with van der Waals surface area (Å²) in [7, 11) is -4.39. The average molecular weight is 747 g/mol. The number of amides is 1. The van der Waals surface area contributed by atoms with Crippen LogP contribution in [0.2, 0.25) is 0 Å². The molecule has 0 aliphatic heterocycles. The van der Waals surface area contributed by atoms with E-state index in [1.165, 1.54) is 141 Å². The number of unbranched alkanes of at least 4 members (excludes halogenated alkanes) is 26. The summed E-state index contributed by atoms with van der Waals surface area (Å²) in [5.74, 6) is -0.445. The van der Waals surface area contributed by atoms with E-state index in [4.69, 9.17) is 14.8 Å². The second kappa shape index (κ2) is 37.5. The highest BCUT2D eigenvalue weighted by molar-refractivity contribution is 7.47. The summed E-state index contributed by atoms with van der Waals surface area (Å²) in [4.78, 5) is 22.7. The first kappa shape index (κ1) is 50.2. The van der Waals surface area contributed by atoms with Crippen molar-refractivity contribution in [3.63, 3.8) is 0 Å². The van der Waals surface area contributed by atoms with Crippen molar-refractivity contribution in [1.29, 1.82) is 0 Å². The van der Waals surface area contributed by atoms with Crippen molar-refractivity contribution in [2.45, 2.75) is 225 Å². The van der Waals surface area contributed by atoms with E-state index in [-0.39, 0.29) is 19.6 Å². The van der Waals surface area contributed by atoms with Crippen molar-refractivity contribution < 1.29 is 33.5 Å². The second-order valence-corrected chi connectivity index (χ2v) is 16.2. The van der Waals surface area contributed by atoms with Crippen LogP contribution in [-0.2, 0) is 18.4 Å². The van der Waals surface area contributed by atoms with Gasteiger partial charge in [-0.05, 0) is 19.3 Å². The molecule has 0 aliphatic carbocycles. The zero-order chi connectivity index (χ0) is 37.7. The Hall–Kier alpha value is -0.800. The Labute approximate surface area is 314 Å². The van der Waals surface area contributed by atoms with E-state index in [2.05, 4.69) is 19.2 Å². The molecule has 0 aliphatic rings. The number of carbonyl (C=O) groups is 1. The number of aliphatic hydroxyl groups is 2. The molecular formula is C41H83N2O7P. The minimum absolute atomic E-state index is 0.0511. The smallest absolute Gasteiger partial charge is 0.393 e. The third-order valence-electron chi connectivity index (χ3n) is 9.67. The number of hydrogen-bond donors (Lipinski definition) is 5. The summed E-state index contributed by atoms with van der Waals surface area (Å²) >= 11 is 0. The SMILES string of the molecule is CCCCCCCCC/C=C/C(O)C(COP(=O)(O)OCCN)NC(=O)CC(O)CCCCCCCCCCCCCCCCCCCCCC. The summed E-state index contributed by atoms with van der Waals surface area (Å²) < 4.78 is 22.0. The van der Waals surface area contributed by atoms with Crippen molar-refractivity contribution in [3.05, 3.63) is 12.2 Å². The van der Waals surface area contributed by atoms with Crippen molar-refractivity contribution in [3.8, 4) is 0 Å². The Bertz CT molecular complexity index is 832. The molecule has 0 rings (SSSR count). The third-order valence-corrected chi connectivity index (χ3v) is 10.7. The van der Waals surface area contributed by atoms with Gasteiger partial charge in [-0.25, -0.2) is 4.57 Å². The molecule has 51 heavy (non-hydrogen) atoms. The molecule has 10 heteroatoms. The summed E-state index contributed by atoms with van der Waals surface area (Å²) in [5.41, 5.74) is 5.34. The molecule has 0 bridgehead atoms. The van der Waals surface area contributed by atoms with Gasteiger partial charge in [0.1, 0.15) is 0 Å². The molecule has 0 saturated heterocycles. The van der Waals surface area contributed by atoms with Gasteiger partial charge < -0.3 is 26.2 Å². The fraction of sp³-hybridized carbons (Fsp3) is 0.927. The molecule has 0 aromatic carbocycles. The highest BCUT2D eigenvalue weighted by Gasteiger charge is 2.27. The van der Waals surface area contributed by atoms with Crippen LogP contribution in [-0.4, -0.2) is 59.0 Å². The maximum atomic E-state index is 12.8. The minimum Gasteiger partial charge on any atom is -0.393 e. The Kier molecular flexibility index (Phi) is 36.9. The van der Waals surface area contributed by atoms with Gasteiger partial charge in [0, 0.05) is 6.54 Å². The van der Waals surface area contributed by atoms with Gasteiger partial charge in [-0.15, -0.1) is 0 Å². The van der Waals surface area contributed by atoms with E-state index in [0.29, 0.717) is 6.42 Å². The highest BCUT2D eigenvalue weighted by Crippen LogP contribution is 2.43. The molecule has 1 amide bonds. The summed E-state index contributed by atoms with van der Waals surface area (Å²) in [6, 6.07) is -0.975. The molecule has 0 spiro atoms. The van der Waals surface area contributed by atoms with Crippen LogP contribution in [0.5, 0.6) is 0 Å². The Morgan fingerprint density at radius 2 is 1.08 bits per heavy atom. The summed E-state index contributed by atoms with van der Waals surface area (Å²) in [6.07, 6.45) is 37.4. The standard InChI is InChI=1S/C41H83N2O7P/c1-3-5-7-9-11-13-14-15-16-17-18-19-20-21-22-23-25-26-28-30-32-38(44)36-41(46)43-39(37-50-51(47,48)49-35-34-42)40(45)33-31-29-27-24-12-10-8-6-4-2/h31,33,38-40,44-45H,3-30,32,34-37,42H2,1-2H3,(H,43,46)(H,47,48)/b33-31+. The van der Waals surface area contributed by atoms with Gasteiger partial charge >= 0.3 is 7.82 Å². The lowest BCUT2D eigenvalue weighted by Gasteiger charge is -2.24. The van der Waals surface area contributed by atoms with E-state index in [1.54, 1.807) is 6.08 Å². The number of nitrogens with two attached hydrogens (primary N) is 1. The lowest BCUT2D eigenvalue weighted by molar-refractivity contribution is -0.124. The van der Waals surface area contributed by atoms with Crippen LogP contribution in [0.4, 0.5) is 0 Å². The van der Waals surface area contributed by atoms with Gasteiger partial charge in [0.05, 0.1) is 37.9 Å². The molecular weight excluding hydrogens is 663 g/mol. The van der Waals surface area contributed by atoms with E-state index in [0.717, 1.165) is 38.5 Å². The van der Waals surface area contributed by atoms with Crippen LogP contribution >= 0.6 is 7.82 Å². The molecule has 4 unspecified atom stereocenters. The molecule has 9 nitrogen and oxygen atoms in total. The lowest BCUT2D eigenvalue weighted by Crippen LogP contribution is -2.46. The van der Waals surface area contributed by atoms with Crippen LogP contribution in [0.25, 0.3) is 0 Å². The summed E-state index contributed by atoms with van der Waals surface area (Å²) in [5, 5.41) is 23.9. The predicted molar refractivity (Wildman–Crippen MR) is 214 cm³/mol. The zero-order valence-electron chi connectivity index (χ0n) is 33.2. The molecule has 6 N–H and O–H groups in total. The van der Waals surface area contributed by atoms with Crippen LogP contribution < -0.4 is 11.1 Å². The molecule has 4 atom stereocenters. The van der Waals surface area contributed by atoms with E-state index in [1.807, 2.05) is 6.08 Å². The van der Waals surface area contributed by atoms with Gasteiger partial charge in [0.15, 0.2) is 0 Å². The van der Waals surface area contributed by atoms with Crippen molar-refractivity contribution in [2.24, 2.45) is 5.73 Å². The maximum absolute atomic E-state index is 12.8. The van der Waals surface area contributed by atoms with Crippen molar-refractivity contribution in [1.82, 2.24) is 5.32 Å². The third kappa shape index (κ3) is 36.0. The molecule has 0 fully saturated rings. The maximum Gasteiger partial charge on any atom is 0.472 e.